The van der Waals surface area contributed by atoms with Crippen molar-refractivity contribution in [2.45, 2.75) is 31.7 Å². The molecule has 0 radical (unpaired) electrons. The van der Waals surface area contributed by atoms with Gasteiger partial charge in [0.25, 0.3) is 0 Å². The van der Waals surface area contributed by atoms with Gasteiger partial charge >= 0.3 is 5.97 Å². The summed E-state index contributed by atoms with van der Waals surface area (Å²) >= 11 is 0. The number of carboxylic acid groups (broad SMARTS) is 1. The van der Waals surface area contributed by atoms with E-state index in [-0.39, 0.29) is 12.8 Å². The molecule has 3 heterocycles. The number of carboxylic acids is 1. The summed E-state index contributed by atoms with van der Waals surface area (Å²) in [5, 5.41) is 20.5. The lowest BCUT2D eigenvalue weighted by molar-refractivity contribution is -0.136. The number of carbonyl (C=O) groups is 1. The van der Waals surface area contributed by atoms with Gasteiger partial charge in [0.15, 0.2) is 17.3 Å². The molecule has 0 saturated heterocycles. The minimum absolute atomic E-state index is 0.118. The molecule has 3 N–H and O–H groups in total. The second-order valence-corrected chi connectivity index (χ2v) is 7.61. The molecule has 5 rings (SSSR count). The van der Waals surface area contributed by atoms with Gasteiger partial charge in [-0.3, -0.25) is 4.79 Å². The van der Waals surface area contributed by atoms with E-state index in [9.17, 15) is 9.18 Å². The summed E-state index contributed by atoms with van der Waals surface area (Å²) in [4.78, 5) is 17.7. The van der Waals surface area contributed by atoms with E-state index in [4.69, 9.17) is 15.2 Å². The number of hydrogen-bond acceptors (Lipinski definition) is 6. The van der Waals surface area contributed by atoms with Crippen LogP contribution in [0.1, 0.15) is 24.8 Å². The SMILES string of the molecule is CN1CNc2c(NC3CC3)nc3cc(-c4ccc(F)c(CCC(=O)O)c4)nn3c21. The maximum Gasteiger partial charge on any atom is 0.303 e. The van der Waals surface area contributed by atoms with Crippen molar-refractivity contribution >= 4 is 28.9 Å². The van der Waals surface area contributed by atoms with Gasteiger partial charge in [0.05, 0.1) is 12.4 Å². The van der Waals surface area contributed by atoms with Crippen molar-refractivity contribution < 1.29 is 14.3 Å². The molecule has 29 heavy (non-hydrogen) atoms. The molecule has 2 aliphatic rings. The molecular weight excluding hydrogens is 375 g/mol. The molecule has 0 amide bonds. The van der Waals surface area contributed by atoms with Crippen LogP contribution in [0.4, 0.5) is 21.7 Å². The summed E-state index contributed by atoms with van der Waals surface area (Å²) in [6.07, 6.45) is 2.32. The van der Waals surface area contributed by atoms with Gasteiger partial charge in [-0.2, -0.15) is 9.61 Å². The average molecular weight is 396 g/mol. The van der Waals surface area contributed by atoms with E-state index in [1.54, 1.807) is 16.6 Å². The Hall–Kier alpha value is -3.36. The third-order valence-corrected chi connectivity index (χ3v) is 5.30. The number of aromatic nitrogens is 3. The Balaban J connectivity index is 1.57. The number of aliphatic carboxylic acids is 1. The number of benzene rings is 1. The monoisotopic (exact) mass is 396 g/mol. The quantitative estimate of drug-likeness (QED) is 0.590. The standard InChI is InChI=1S/C20H21FN6O2/c1-26-10-22-18-19(23-13-4-5-13)24-16-9-15(25-27(16)20(18)26)12-2-6-14(21)11(8-12)3-7-17(28)29/h2,6,8-9,13,22H,3-5,7,10H2,1H3,(H,23,24)(H,28,29). The summed E-state index contributed by atoms with van der Waals surface area (Å²) in [5.41, 5.74) is 3.41. The summed E-state index contributed by atoms with van der Waals surface area (Å²) < 4.78 is 15.9. The summed E-state index contributed by atoms with van der Waals surface area (Å²) in [6.45, 7) is 0.667. The number of nitrogens with one attached hydrogen (secondary N) is 2. The van der Waals surface area contributed by atoms with Crippen molar-refractivity contribution in [1.82, 2.24) is 14.6 Å². The van der Waals surface area contributed by atoms with Crippen molar-refractivity contribution in [2.24, 2.45) is 0 Å². The maximum atomic E-state index is 14.1. The minimum Gasteiger partial charge on any atom is -0.481 e. The zero-order valence-corrected chi connectivity index (χ0v) is 15.9. The lowest BCUT2D eigenvalue weighted by Gasteiger charge is -2.13. The Labute approximate surface area is 166 Å². The Bertz CT molecular complexity index is 1120. The van der Waals surface area contributed by atoms with Crippen molar-refractivity contribution in [1.29, 1.82) is 0 Å². The Kier molecular flexibility index (Phi) is 4.04. The van der Waals surface area contributed by atoms with Gasteiger partial charge < -0.3 is 20.6 Å². The lowest BCUT2D eigenvalue weighted by Crippen LogP contribution is -2.18. The van der Waals surface area contributed by atoms with Crippen molar-refractivity contribution in [3.8, 4) is 11.3 Å². The van der Waals surface area contributed by atoms with Crippen LogP contribution in [0.2, 0.25) is 0 Å². The molecule has 1 fully saturated rings. The highest BCUT2D eigenvalue weighted by atomic mass is 19.1. The predicted octanol–water partition coefficient (Wildman–Crippen LogP) is 2.95. The number of halogens is 1. The smallest absolute Gasteiger partial charge is 0.303 e. The maximum absolute atomic E-state index is 14.1. The van der Waals surface area contributed by atoms with Crippen LogP contribution in [0.25, 0.3) is 16.9 Å². The van der Waals surface area contributed by atoms with E-state index >= 15 is 0 Å². The molecule has 0 bridgehead atoms. The Morgan fingerprint density at radius 1 is 1.38 bits per heavy atom. The molecule has 1 aliphatic carbocycles. The number of anilines is 3. The van der Waals surface area contributed by atoms with Crippen LogP contribution < -0.4 is 15.5 Å². The molecule has 1 aromatic carbocycles. The number of aryl methyl sites for hydroxylation is 1. The number of rotatable bonds is 6. The molecule has 9 heteroatoms. The van der Waals surface area contributed by atoms with Crippen molar-refractivity contribution in [3.63, 3.8) is 0 Å². The van der Waals surface area contributed by atoms with Gasteiger partial charge in [-0.15, -0.1) is 0 Å². The molecular formula is C20H21FN6O2. The van der Waals surface area contributed by atoms with Crippen molar-refractivity contribution in [3.05, 3.63) is 35.6 Å². The third kappa shape index (κ3) is 3.22. The first-order valence-corrected chi connectivity index (χ1v) is 9.65. The highest BCUT2D eigenvalue weighted by Crippen LogP contribution is 2.39. The fraction of sp³-hybridized carbons (Fsp3) is 0.350. The van der Waals surface area contributed by atoms with Gasteiger partial charge in [0.1, 0.15) is 11.5 Å². The molecule has 3 aromatic rings. The fourth-order valence-corrected chi connectivity index (χ4v) is 3.61. The largest absolute Gasteiger partial charge is 0.481 e. The normalized spacial score (nSPS) is 15.4. The first kappa shape index (κ1) is 17.7. The van der Waals surface area contributed by atoms with Crippen LogP contribution in [0.15, 0.2) is 24.3 Å². The van der Waals surface area contributed by atoms with Gasteiger partial charge in [-0.25, -0.2) is 9.37 Å². The van der Waals surface area contributed by atoms with E-state index in [1.807, 2.05) is 13.1 Å². The van der Waals surface area contributed by atoms with Gasteiger partial charge in [-0.05, 0) is 43.0 Å². The molecule has 2 aromatic heterocycles. The van der Waals surface area contributed by atoms with E-state index in [0.29, 0.717) is 29.6 Å². The molecule has 8 nitrogen and oxygen atoms in total. The second-order valence-electron chi connectivity index (χ2n) is 7.61. The van der Waals surface area contributed by atoms with Gasteiger partial charge in [-0.1, -0.05) is 0 Å². The summed E-state index contributed by atoms with van der Waals surface area (Å²) in [7, 11) is 1.99. The lowest BCUT2D eigenvalue weighted by atomic mass is 10.0. The molecule has 1 aliphatic heterocycles. The molecule has 0 atom stereocenters. The van der Waals surface area contributed by atoms with Gasteiger partial charge in [0, 0.05) is 31.1 Å². The van der Waals surface area contributed by atoms with E-state index in [2.05, 4.69) is 15.5 Å². The summed E-state index contributed by atoms with van der Waals surface area (Å²) in [6, 6.07) is 7.04. The first-order valence-electron chi connectivity index (χ1n) is 9.65. The predicted molar refractivity (Wildman–Crippen MR) is 108 cm³/mol. The highest BCUT2D eigenvalue weighted by Gasteiger charge is 2.29. The first-order chi connectivity index (χ1) is 14.0. The fourth-order valence-electron chi connectivity index (χ4n) is 3.61. The van der Waals surface area contributed by atoms with Crippen LogP contribution in [0.5, 0.6) is 0 Å². The van der Waals surface area contributed by atoms with Gasteiger partial charge in [0.2, 0.25) is 0 Å². The molecule has 1 saturated carbocycles. The van der Waals surface area contributed by atoms with Crippen LogP contribution in [-0.2, 0) is 11.2 Å². The average Bonchev–Trinajstić information content (AvgIpc) is 3.26. The molecule has 150 valence electrons. The van der Waals surface area contributed by atoms with Crippen LogP contribution >= 0.6 is 0 Å². The topological polar surface area (TPSA) is 94.8 Å². The van der Waals surface area contributed by atoms with E-state index < -0.39 is 11.8 Å². The van der Waals surface area contributed by atoms with E-state index in [1.165, 1.54) is 6.07 Å². The van der Waals surface area contributed by atoms with Crippen molar-refractivity contribution in [2.75, 3.05) is 29.2 Å². The number of fused-ring (bicyclic) bond motifs is 3. The third-order valence-electron chi connectivity index (χ3n) is 5.30. The number of nitrogens with zero attached hydrogens (tertiary/aromatic N) is 4. The Morgan fingerprint density at radius 3 is 2.97 bits per heavy atom. The molecule has 0 unspecified atom stereocenters. The van der Waals surface area contributed by atoms with Crippen LogP contribution in [0, 0.1) is 5.82 Å². The minimum atomic E-state index is -0.950. The summed E-state index contributed by atoms with van der Waals surface area (Å²) in [5.74, 6) is 0.399. The Morgan fingerprint density at radius 2 is 2.21 bits per heavy atom. The number of hydrogen-bond donors (Lipinski definition) is 3. The zero-order chi connectivity index (χ0) is 20.1. The van der Waals surface area contributed by atoms with Crippen LogP contribution in [0.3, 0.4) is 0 Å². The van der Waals surface area contributed by atoms with E-state index in [0.717, 1.165) is 35.7 Å². The van der Waals surface area contributed by atoms with Crippen LogP contribution in [-0.4, -0.2) is 45.4 Å². The second kappa shape index (κ2) is 6.61. The molecule has 0 spiro atoms. The zero-order valence-electron chi connectivity index (χ0n) is 15.9. The highest BCUT2D eigenvalue weighted by molar-refractivity contribution is 5.85.